The van der Waals surface area contributed by atoms with Gasteiger partial charge in [-0.2, -0.15) is 5.26 Å². The zero-order valence-corrected chi connectivity index (χ0v) is 10.1. The maximum atomic E-state index is 8.49. The zero-order chi connectivity index (χ0) is 11.5. The lowest BCUT2D eigenvalue weighted by Gasteiger charge is -2.04. The molecule has 2 aromatic rings. The van der Waals surface area contributed by atoms with Crippen molar-refractivity contribution in [2.24, 2.45) is 0 Å². The van der Waals surface area contributed by atoms with E-state index in [4.69, 9.17) is 28.5 Å². The summed E-state index contributed by atoms with van der Waals surface area (Å²) >= 11 is 12.1. The first-order valence-corrected chi connectivity index (χ1v) is 5.79. The van der Waals surface area contributed by atoms with Gasteiger partial charge in [-0.25, -0.2) is 0 Å². The summed E-state index contributed by atoms with van der Waals surface area (Å²) in [4.78, 5) is 0. The van der Waals surface area contributed by atoms with Gasteiger partial charge in [0.1, 0.15) is 0 Å². The van der Waals surface area contributed by atoms with Crippen LogP contribution in [0.15, 0.2) is 24.4 Å². The lowest BCUT2D eigenvalue weighted by Crippen LogP contribution is -1.95. The second kappa shape index (κ2) is 4.78. The highest BCUT2D eigenvalue weighted by Crippen LogP contribution is 2.28. The average molecular weight is 253 g/mol. The summed E-state index contributed by atoms with van der Waals surface area (Å²) in [5, 5.41) is 10.8. The number of aromatic nitrogens is 1. The van der Waals surface area contributed by atoms with Crippen LogP contribution in [-0.4, -0.2) is 4.57 Å². The summed E-state index contributed by atoms with van der Waals surface area (Å²) in [6, 6.07) is 7.75. The molecular weight excluding hydrogens is 243 g/mol. The minimum atomic E-state index is 0.563. The number of nitrogens with zero attached hydrogens (tertiary/aromatic N) is 2. The topological polar surface area (TPSA) is 28.7 Å². The quantitative estimate of drug-likeness (QED) is 0.751. The smallest absolute Gasteiger partial charge is 0.0622 e. The highest BCUT2D eigenvalue weighted by molar-refractivity contribution is 6.38. The molecule has 0 saturated carbocycles. The number of rotatable bonds is 3. The third-order valence-corrected chi connectivity index (χ3v) is 3.02. The summed E-state index contributed by atoms with van der Waals surface area (Å²) in [7, 11) is 0. The van der Waals surface area contributed by atoms with Gasteiger partial charge in [-0.3, -0.25) is 0 Å². The van der Waals surface area contributed by atoms with E-state index in [-0.39, 0.29) is 0 Å². The van der Waals surface area contributed by atoms with Crippen LogP contribution in [0.3, 0.4) is 0 Å². The van der Waals surface area contributed by atoms with Crippen LogP contribution in [0.5, 0.6) is 0 Å². The normalized spacial score (nSPS) is 10.6. The summed E-state index contributed by atoms with van der Waals surface area (Å²) in [5.41, 5.74) is 1.02. The van der Waals surface area contributed by atoms with Gasteiger partial charge in [0.05, 0.1) is 16.6 Å². The van der Waals surface area contributed by atoms with Crippen molar-refractivity contribution >= 4 is 34.1 Å². The second-order valence-electron chi connectivity index (χ2n) is 3.59. The van der Waals surface area contributed by atoms with E-state index in [2.05, 4.69) is 10.6 Å². The third-order valence-electron chi connectivity index (χ3n) is 2.49. The largest absolute Gasteiger partial charge is 0.347 e. The molecule has 82 valence electrons. The molecule has 0 atom stereocenters. The molecule has 2 rings (SSSR count). The minimum Gasteiger partial charge on any atom is -0.347 e. The molecule has 4 heteroatoms. The molecule has 0 amide bonds. The fourth-order valence-electron chi connectivity index (χ4n) is 1.74. The Bertz CT molecular complexity index is 552. The fraction of sp³-hybridized carbons (Fsp3) is 0.250. The molecule has 0 fully saturated rings. The van der Waals surface area contributed by atoms with Crippen molar-refractivity contribution in [2.75, 3.05) is 0 Å². The molecular formula is C12H10Cl2N2. The first kappa shape index (κ1) is 11.3. The van der Waals surface area contributed by atoms with Crippen LogP contribution in [0.4, 0.5) is 0 Å². The summed E-state index contributed by atoms with van der Waals surface area (Å²) in [5.74, 6) is 0. The average Bonchev–Trinajstić information content (AvgIpc) is 2.62. The molecule has 0 radical (unpaired) electrons. The van der Waals surface area contributed by atoms with Gasteiger partial charge in [-0.1, -0.05) is 23.2 Å². The van der Waals surface area contributed by atoms with Crippen molar-refractivity contribution < 1.29 is 0 Å². The number of nitriles is 1. The van der Waals surface area contributed by atoms with Crippen molar-refractivity contribution in [1.82, 2.24) is 4.57 Å². The van der Waals surface area contributed by atoms with E-state index < -0.39 is 0 Å². The van der Waals surface area contributed by atoms with Gasteiger partial charge in [0.25, 0.3) is 0 Å². The highest BCUT2D eigenvalue weighted by atomic mass is 35.5. The Morgan fingerprint density at radius 1 is 1.31 bits per heavy atom. The third kappa shape index (κ3) is 2.16. The molecule has 1 aromatic carbocycles. The second-order valence-corrected chi connectivity index (χ2v) is 4.43. The van der Waals surface area contributed by atoms with Gasteiger partial charge in [0, 0.05) is 29.6 Å². The predicted molar refractivity (Wildman–Crippen MR) is 66.8 cm³/mol. The molecule has 0 aliphatic heterocycles. The maximum Gasteiger partial charge on any atom is 0.0622 e. The molecule has 0 saturated heterocycles. The predicted octanol–water partition coefficient (Wildman–Crippen LogP) is 4.25. The Labute approximate surface area is 104 Å². The van der Waals surface area contributed by atoms with E-state index in [1.807, 2.05) is 18.3 Å². The van der Waals surface area contributed by atoms with Crippen LogP contribution >= 0.6 is 23.2 Å². The van der Waals surface area contributed by atoms with Gasteiger partial charge >= 0.3 is 0 Å². The van der Waals surface area contributed by atoms with Crippen LogP contribution in [-0.2, 0) is 6.54 Å². The molecule has 0 aliphatic carbocycles. The van der Waals surface area contributed by atoms with Gasteiger partial charge in [-0.15, -0.1) is 0 Å². The molecule has 0 unspecified atom stereocenters. The fourth-order valence-corrected chi connectivity index (χ4v) is 2.29. The Kier molecular flexibility index (Phi) is 3.38. The number of unbranched alkanes of at least 4 members (excludes halogenated alkanes) is 1. The first-order chi connectivity index (χ1) is 7.72. The van der Waals surface area contributed by atoms with Gasteiger partial charge in [-0.05, 0) is 24.6 Å². The van der Waals surface area contributed by atoms with Gasteiger partial charge in [0.15, 0.2) is 0 Å². The SMILES string of the molecule is N#CCCCn1ccc2c(Cl)cc(Cl)cc21. The number of aryl methyl sites for hydroxylation is 1. The molecule has 1 aromatic heterocycles. The van der Waals surface area contributed by atoms with Crippen LogP contribution in [0, 0.1) is 11.3 Å². The van der Waals surface area contributed by atoms with E-state index in [1.54, 1.807) is 6.07 Å². The molecule has 0 spiro atoms. The minimum absolute atomic E-state index is 0.563. The van der Waals surface area contributed by atoms with Crippen molar-refractivity contribution in [3.8, 4) is 6.07 Å². The monoisotopic (exact) mass is 252 g/mol. The number of halogens is 2. The van der Waals surface area contributed by atoms with Crippen LogP contribution in [0.2, 0.25) is 10.0 Å². The lowest BCUT2D eigenvalue weighted by atomic mass is 10.2. The van der Waals surface area contributed by atoms with E-state index in [1.165, 1.54) is 0 Å². The summed E-state index contributed by atoms with van der Waals surface area (Å²) in [6.45, 7) is 0.813. The maximum absolute atomic E-state index is 8.49. The van der Waals surface area contributed by atoms with Gasteiger partial charge < -0.3 is 4.57 Å². The van der Waals surface area contributed by atoms with Crippen molar-refractivity contribution in [3.63, 3.8) is 0 Å². The highest BCUT2D eigenvalue weighted by Gasteiger charge is 2.05. The standard InChI is InChI=1S/C12H10Cl2N2/c13-9-7-11(14)10-3-6-16(12(10)8-9)5-2-1-4-15/h3,6-8H,1-2,5H2. The van der Waals surface area contributed by atoms with E-state index in [9.17, 15) is 0 Å². The molecule has 1 heterocycles. The Morgan fingerprint density at radius 3 is 2.88 bits per heavy atom. The summed E-state index contributed by atoms with van der Waals surface area (Å²) < 4.78 is 2.07. The van der Waals surface area contributed by atoms with Gasteiger partial charge in [0.2, 0.25) is 0 Å². The lowest BCUT2D eigenvalue weighted by molar-refractivity contribution is 0.674. The Hall–Kier alpha value is -1.17. The van der Waals surface area contributed by atoms with E-state index in [0.29, 0.717) is 16.5 Å². The molecule has 0 bridgehead atoms. The molecule has 2 nitrogen and oxygen atoms in total. The molecule has 0 aliphatic rings. The molecule has 0 N–H and O–H groups in total. The van der Waals surface area contributed by atoms with Crippen molar-refractivity contribution in [3.05, 3.63) is 34.4 Å². The Morgan fingerprint density at radius 2 is 2.12 bits per heavy atom. The number of benzene rings is 1. The van der Waals surface area contributed by atoms with Crippen LogP contribution < -0.4 is 0 Å². The zero-order valence-electron chi connectivity index (χ0n) is 8.58. The van der Waals surface area contributed by atoms with Crippen LogP contribution in [0.25, 0.3) is 10.9 Å². The van der Waals surface area contributed by atoms with Crippen molar-refractivity contribution in [2.45, 2.75) is 19.4 Å². The van der Waals surface area contributed by atoms with Crippen LogP contribution in [0.1, 0.15) is 12.8 Å². The number of fused-ring (bicyclic) bond motifs is 1. The van der Waals surface area contributed by atoms with E-state index in [0.717, 1.165) is 23.9 Å². The Balaban J connectivity index is 2.37. The molecule has 16 heavy (non-hydrogen) atoms. The number of hydrogen-bond donors (Lipinski definition) is 0. The number of hydrogen-bond acceptors (Lipinski definition) is 1. The van der Waals surface area contributed by atoms with Crippen molar-refractivity contribution in [1.29, 1.82) is 5.26 Å². The first-order valence-electron chi connectivity index (χ1n) is 5.03. The van der Waals surface area contributed by atoms with E-state index >= 15 is 0 Å². The summed E-state index contributed by atoms with van der Waals surface area (Å²) in [6.07, 6.45) is 3.38.